The Bertz CT molecular complexity index is 396. The van der Waals surface area contributed by atoms with Gasteiger partial charge in [-0.1, -0.05) is 25.5 Å². The highest BCUT2D eigenvalue weighted by Gasteiger charge is 2.08. The van der Waals surface area contributed by atoms with Gasteiger partial charge in [0.2, 0.25) is 5.91 Å². The van der Waals surface area contributed by atoms with E-state index < -0.39 is 0 Å². The third kappa shape index (κ3) is 6.10. The van der Waals surface area contributed by atoms with Gasteiger partial charge >= 0.3 is 0 Å². The van der Waals surface area contributed by atoms with Crippen molar-refractivity contribution < 1.29 is 9.53 Å². The third-order valence-corrected chi connectivity index (χ3v) is 2.79. The summed E-state index contributed by atoms with van der Waals surface area (Å²) in [7, 11) is 0. The van der Waals surface area contributed by atoms with Crippen molar-refractivity contribution in [2.75, 3.05) is 32.0 Å². The van der Waals surface area contributed by atoms with Crippen LogP contribution in [0.15, 0.2) is 24.3 Å². The zero-order chi connectivity index (χ0) is 14.1. The van der Waals surface area contributed by atoms with Crippen molar-refractivity contribution in [3.63, 3.8) is 0 Å². The first kappa shape index (κ1) is 15.3. The highest BCUT2D eigenvalue weighted by Crippen LogP contribution is 2.19. The molecular weight excluding hydrogens is 242 g/mol. The molecule has 5 nitrogen and oxygen atoms in total. The molecule has 0 spiro atoms. The van der Waals surface area contributed by atoms with Crippen molar-refractivity contribution >= 4 is 11.6 Å². The van der Waals surface area contributed by atoms with Crippen LogP contribution >= 0.6 is 0 Å². The van der Waals surface area contributed by atoms with E-state index in [1.807, 2.05) is 23.1 Å². The molecule has 1 aromatic rings. The van der Waals surface area contributed by atoms with Crippen LogP contribution in [-0.4, -0.2) is 37.0 Å². The quantitative estimate of drug-likeness (QED) is 0.658. The highest BCUT2D eigenvalue weighted by atomic mass is 16.5. The number of amides is 1. The normalized spacial score (nSPS) is 10.6. The van der Waals surface area contributed by atoms with Crippen LogP contribution in [0, 0.1) is 0 Å². The number of hydrogen-bond acceptors (Lipinski definition) is 4. The minimum Gasteiger partial charge on any atom is -0.490 e. The lowest BCUT2D eigenvalue weighted by Gasteiger charge is -2.20. The largest absolute Gasteiger partial charge is 0.490 e. The Balaban J connectivity index is 2.38. The number of nitrogens with zero attached hydrogens (tertiary/aromatic N) is 1. The van der Waals surface area contributed by atoms with E-state index in [1.165, 1.54) is 0 Å². The van der Waals surface area contributed by atoms with E-state index in [0.29, 0.717) is 24.6 Å². The fourth-order valence-corrected chi connectivity index (χ4v) is 1.77. The van der Waals surface area contributed by atoms with Crippen LogP contribution in [-0.2, 0) is 4.79 Å². The zero-order valence-corrected chi connectivity index (χ0v) is 11.5. The number of anilines is 1. The van der Waals surface area contributed by atoms with Crippen molar-refractivity contribution in [2.45, 2.75) is 19.8 Å². The molecule has 0 saturated heterocycles. The molecule has 0 radical (unpaired) electrons. The van der Waals surface area contributed by atoms with Crippen LogP contribution in [0.4, 0.5) is 5.69 Å². The molecule has 1 rings (SSSR count). The number of benzene rings is 1. The van der Waals surface area contributed by atoms with E-state index in [-0.39, 0.29) is 12.5 Å². The van der Waals surface area contributed by atoms with Crippen LogP contribution < -0.4 is 16.2 Å². The molecule has 0 fully saturated rings. The Labute approximate surface area is 114 Å². The monoisotopic (exact) mass is 265 g/mol. The molecule has 19 heavy (non-hydrogen) atoms. The Morgan fingerprint density at radius 3 is 2.68 bits per heavy atom. The minimum absolute atomic E-state index is 0.271. The number of carbonyl (C=O) groups is 1. The Hall–Kier alpha value is -1.75. The van der Waals surface area contributed by atoms with Crippen molar-refractivity contribution in [2.24, 2.45) is 5.73 Å². The van der Waals surface area contributed by atoms with E-state index in [9.17, 15) is 4.79 Å². The molecule has 0 heterocycles. The molecule has 4 N–H and O–H groups in total. The standard InChI is InChI=1S/C14H23N3O2/c1-2-3-8-17(11-14(16)18)9-10-19-13-7-5-4-6-12(13)15/h4-7H,2-3,8-11,15H2,1H3,(H2,16,18). The fourth-order valence-electron chi connectivity index (χ4n) is 1.77. The van der Waals surface area contributed by atoms with Gasteiger partial charge in [-0.05, 0) is 25.1 Å². The summed E-state index contributed by atoms with van der Waals surface area (Å²) in [6.07, 6.45) is 2.13. The van der Waals surface area contributed by atoms with Gasteiger partial charge in [0, 0.05) is 6.54 Å². The summed E-state index contributed by atoms with van der Waals surface area (Å²) < 4.78 is 5.61. The number of unbranched alkanes of at least 4 members (excludes halogenated alkanes) is 1. The zero-order valence-electron chi connectivity index (χ0n) is 11.5. The SMILES string of the molecule is CCCCN(CCOc1ccccc1N)CC(N)=O. The summed E-state index contributed by atoms with van der Waals surface area (Å²) >= 11 is 0. The van der Waals surface area contributed by atoms with Crippen molar-refractivity contribution in [3.05, 3.63) is 24.3 Å². The first-order chi connectivity index (χ1) is 9.13. The summed E-state index contributed by atoms with van der Waals surface area (Å²) in [6.45, 7) is 4.40. The molecule has 0 unspecified atom stereocenters. The van der Waals surface area contributed by atoms with Gasteiger partial charge in [0.1, 0.15) is 12.4 Å². The molecule has 5 heteroatoms. The summed E-state index contributed by atoms with van der Waals surface area (Å²) in [5, 5.41) is 0. The summed E-state index contributed by atoms with van der Waals surface area (Å²) in [5.74, 6) is 0.368. The molecule has 0 bridgehead atoms. The highest BCUT2D eigenvalue weighted by molar-refractivity contribution is 5.75. The molecule has 1 aromatic carbocycles. The van der Waals surface area contributed by atoms with Gasteiger partial charge in [0.05, 0.1) is 12.2 Å². The first-order valence-corrected chi connectivity index (χ1v) is 6.61. The minimum atomic E-state index is -0.310. The maximum Gasteiger partial charge on any atom is 0.231 e. The predicted octanol–water partition coefficient (Wildman–Crippen LogP) is 1.24. The van der Waals surface area contributed by atoms with Gasteiger partial charge < -0.3 is 16.2 Å². The van der Waals surface area contributed by atoms with Gasteiger partial charge in [-0.2, -0.15) is 0 Å². The summed E-state index contributed by atoms with van der Waals surface area (Å²) in [5.41, 5.74) is 11.6. The average molecular weight is 265 g/mol. The van der Waals surface area contributed by atoms with Crippen molar-refractivity contribution in [1.29, 1.82) is 0 Å². The molecule has 0 aromatic heterocycles. The number of primary amides is 1. The maximum absolute atomic E-state index is 11.0. The fraction of sp³-hybridized carbons (Fsp3) is 0.500. The van der Waals surface area contributed by atoms with Crippen LogP contribution in [0.25, 0.3) is 0 Å². The summed E-state index contributed by atoms with van der Waals surface area (Å²) in [6, 6.07) is 7.38. The van der Waals surface area contributed by atoms with Gasteiger partial charge in [-0.15, -0.1) is 0 Å². The Morgan fingerprint density at radius 2 is 2.05 bits per heavy atom. The van der Waals surface area contributed by atoms with E-state index >= 15 is 0 Å². The van der Waals surface area contributed by atoms with Gasteiger partial charge in [-0.25, -0.2) is 0 Å². The topological polar surface area (TPSA) is 81.6 Å². The second kappa shape index (κ2) is 8.37. The maximum atomic E-state index is 11.0. The van der Waals surface area contributed by atoms with Gasteiger partial charge in [-0.3, -0.25) is 9.69 Å². The van der Waals surface area contributed by atoms with Crippen molar-refractivity contribution in [3.8, 4) is 5.75 Å². The smallest absolute Gasteiger partial charge is 0.231 e. The number of rotatable bonds is 9. The summed E-state index contributed by atoms with van der Waals surface area (Å²) in [4.78, 5) is 13.0. The second-order valence-corrected chi connectivity index (χ2v) is 4.48. The molecule has 0 aliphatic heterocycles. The van der Waals surface area contributed by atoms with Gasteiger partial charge in [0.25, 0.3) is 0 Å². The van der Waals surface area contributed by atoms with Gasteiger partial charge in [0.15, 0.2) is 0 Å². The van der Waals surface area contributed by atoms with Crippen LogP contribution in [0.2, 0.25) is 0 Å². The average Bonchev–Trinajstić information content (AvgIpc) is 2.37. The lowest BCUT2D eigenvalue weighted by atomic mass is 10.3. The lowest BCUT2D eigenvalue weighted by Crippen LogP contribution is -2.37. The molecule has 0 aliphatic rings. The van der Waals surface area contributed by atoms with Crippen LogP contribution in [0.5, 0.6) is 5.75 Å². The molecule has 0 aliphatic carbocycles. The molecule has 106 valence electrons. The van der Waals surface area contributed by atoms with Crippen LogP contribution in [0.3, 0.4) is 0 Å². The lowest BCUT2D eigenvalue weighted by molar-refractivity contribution is -0.119. The number of nitrogens with two attached hydrogens (primary N) is 2. The Morgan fingerprint density at radius 1 is 1.32 bits per heavy atom. The number of carbonyl (C=O) groups excluding carboxylic acids is 1. The Kier molecular flexibility index (Phi) is 6.74. The predicted molar refractivity (Wildman–Crippen MR) is 76.9 cm³/mol. The molecule has 0 atom stereocenters. The number of para-hydroxylation sites is 2. The molecule has 0 saturated carbocycles. The van der Waals surface area contributed by atoms with E-state index in [0.717, 1.165) is 19.4 Å². The van der Waals surface area contributed by atoms with E-state index in [1.54, 1.807) is 6.07 Å². The third-order valence-electron chi connectivity index (χ3n) is 2.79. The second-order valence-electron chi connectivity index (χ2n) is 4.48. The van der Waals surface area contributed by atoms with Crippen molar-refractivity contribution in [1.82, 2.24) is 4.90 Å². The molecular formula is C14H23N3O2. The van der Waals surface area contributed by atoms with E-state index in [4.69, 9.17) is 16.2 Å². The number of ether oxygens (including phenoxy) is 1. The number of nitrogen functional groups attached to an aromatic ring is 1. The van der Waals surface area contributed by atoms with Crippen LogP contribution in [0.1, 0.15) is 19.8 Å². The number of hydrogen-bond donors (Lipinski definition) is 2. The first-order valence-electron chi connectivity index (χ1n) is 6.61. The molecule has 1 amide bonds. The van der Waals surface area contributed by atoms with E-state index in [2.05, 4.69) is 6.92 Å².